The van der Waals surface area contributed by atoms with Gasteiger partial charge in [-0.05, 0) is 26.7 Å². The van der Waals surface area contributed by atoms with E-state index >= 15 is 0 Å². The first-order valence-corrected chi connectivity index (χ1v) is 6.72. The number of nitrogens with one attached hydrogen (secondary N) is 1. The van der Waals surface area contributed by atoms with Crippen LogP contribution in [-0.2, 0) is 9.59 Å². The van der Waals surface area contributed by atoms with Crippen molar-refractivity contribution in [3.05, 3.63) is 11.6 Å². The predicted molar refractivity (Wildman–Crippen MR) is 68.2 cm³/mol. The Kier molecular flexibility index (Phi) is 5.70. The molecule has 10 heteroatoms. The molecule has 2 amide bonds. The highest BCUT2D eigenvalue weighted by atomic mass is 19.4. The maximum Gasteiger partial charge on any atom is 0.471 e. The highest BCUT2D eigenvalue weighted by molar-refractivity contribution is 5.88. The number of carbonyl (C=O) groups excluding carboxylic acids is 2. The highest BCUT2D eigenvalue weighted by Crippen LogP contribution is 2.32. The molecule has 1 heterocycles. The van der Waals surface area contributed by atoms with E-state index in [1.807, 2.05) is 0 Å². The first-order valence-electron chi connectivity index (χ1n) is 6.72. The number of rotatable bonds is 2. The largest absolute Gasteiger partial charge is 0.471 e. The van der Waals surface area contributed by atoms with E-state index in [9.17, 15) is 35.9 Å². The van der Waals surface area contributed by atoms with Crippen molar-refractivity contribution in [2.45, 2.75) is 51.1 Å². The Hall–Kier alpha value is -1.74. The summed E-state index contributed by atoms with van der Waals surface area (Å²) in [7, 11) is 0. The number of hydrogen-bond acceptors (Lipinski definition) is 2. The SMILES string of the molecule is CC(C)=CC(=O)N1CC(NC(=O)C(F)(F)F)CCC1C(F)(F)F. The number of likely N-dealkylation sites (tertiary alicyclic amines) is 1. The zero-order valence-electron chi connectivity index (χ0n) is 12.4. The Labute approximate surface area is 128 Å². The van der Waals surface area contributed by atoms with Crippen molar-refractivity contribution >= 4 is 11.8 Å². The summed E-state index contributed by atoms with van der Waals surface area (Å²) in [4.78, 5) is 23.3. The van der Waals surface area contributed by atoms with Crippen LogP contribution in [0.1, 0.15) is 26.7 Å². The Morgan fingerprint density at radius 1 is 1.09 bits per heavy atom. The van der Waals surface area contributed by atoms with Crippen LogP contribution in [0.5, 0.6) is 0 Å². The zero-order valence-corrected chi connectivity index (χ0v) is 12.4. The maximum atomic E-state index is 13.0. The normalized spacial score (nSPS) is 22.5. The highest BCUT2D eigenvalue weighted by Gasteiger charge is 2.49. The van der Waals surface area contributed by atoms with Gasteiger partial charge < -0.3 is 10.2 Å². The number of piperidine rings is 1. The van der Waals surface area contributed by atoms with Crippen LogP contribution in [0.15, 0.2) is 11.6 Å². The lowest BCUT2D eigenvalue weighted by atomic mass is 9.97. The van der Waals surface area contributed by atoms with E-state index < -0.39 is 49.2 Å². The second-order valence-corrected chi connectivity index (χ2v) is 5.52. The molecule has 1 saturated heterocycles. The topological polar surface area (TPSA) is 49.4 Å². The number of amides is 2. The molecule has 1 aliphatic heterocycles. The van der Waals surface area contributed by atoms with E-state index in [-0.39, 0.29) is 6.42 Å². The fourth-order valence-corrected chi connectivity index (χ4v) is 2.27. The third-order valence-electron chi connectivity index (χ3n) is 3.25. The molecule has 0 aromatic carbocycles. The average Bonchev–Trinajstić information content (AvgIpc) is 2.35. The second kappa shape index (κ2) is 6.79. The maximum absolute atomic E-state index is 13.0. The monoisotopic (exact) mass is 346 g/mol. The molecular formula is C13H16F6N2O2. The summed E-state index contributed by atoms with van der Waals surface area (Å²) in [5.41, 5.74) is 0.456. The van der Waals surface area contributed by atoms with Gasteiger partial charge in [-0.25, -0.2) is 0 Å². The average molecular weight is 346 g/mol. The summed E-state index contributed by atoms with van der Waals surface area (Å²) in [5.74, 6) is -3.18. The van der Waals surface area contributed by atoms with E-state index in [1.165, 1.54) is 13.8 Å². The van der Waals surface area contributed by atoms with Crippen LogP contribution in [0.2, 0.25) is 0 Å². The van der Waals surface area contributed by atoms with E-state index in [0.29, 0.717) is 10.5 Å². The van der Waals surface area contributed by atoms with Gasteiger partial charge in [0.1, 0.15) is 6.04 Å². The Bertz CT molecular complexity index is 494. The molecule has 0 aliphatic carbocycles. The lowest BCUT2D eigenvalue weighted by Crippen LogP contribution is -2.59. The van der Waals surface area contributed by atoms with Gasteiger partial charge in [-0.2, -0.15) is 26.3 Å². The molecule has 23 heavy (non-hydrogen) atoms. The number of hydrogen-bond donors (Lipinski definition) is 1. The molecule has 1 aliphatic rings. The molecule has 0 aromatic rings. The van der Waals surface area contributed by atoms with Crippen LogP contribution in [0.4, 0.5) is 26.3 Å². The molecule has 0 bridgehead atoms. The quantitative estimate of drug-likeness (QED) is 0.617. The van der Waals surface area contributed by atoms with Crippen LogP contribution in [0.25, 0.3) is 0 Å². The number of alkyl halides is 6. The summed E-state index contributed by atoms with van der Waals surface area (Å²) in [6, 6.07) is -3.26. The molecule has 2 unspecified atom stereocenters. The standard InChI is InChI=1S/C13H16F6N2O2/c1-7(2)5-10(22)21-6-8(20-11(23)13(17,18)19)3-4-9(21)12(14,15)16/h5,8-9H,3-4,6H2,1-2H3,(H,20,23). The Morgan fingerprint density at radius 3 is 2.09 bits per heavy atom. The molecular weight excluding hydrogens is 330 g/mol. The van der Waals surface area contributed by atoms with Gasteiger partial charge in [-0.1, -0.05) is 5.57 Å². The summed E-state index contributed by atoms with van der Waals surface area (Å²) in [6.45, 7) is 2.38. The molecule has 0 saturated carbocycles. The minimum absolute atomic E-state index is 0.301. The van der Waals surface area contributed by atoms with Crippen molar-refractivity contribution < 1.29 is 35.9 Å². The van der Waals surface area contributed by atoms with Gasteiger partial charge in [0, 0.05) is 18.7 Å². The predicted octanol–water partition coefficient (Wildman–Crippen LogP) is 2.55. The first-order chi connectivity index (χ1) is 10.3. The van der Waals surface area contributed by atoms with Crippen molar-refractivity contribution in [1.29, 1.82) is 0 Å². The van der Waals surface area contributed by atoms with E-state index in [1.54, 1.807) is 5.32 Å². The third-order valence-corrected chi connectivity index (χ3v) is 3.25. The van der Waals surface area contributed by atoms with Gasteiger partial charge in [-0.15, -0.1) is 0 Å². The summed E-state index contributed by atoms with van der Waals surface area (Å²) in [5, 5.41) is 1.62. The number of allylic oxidation sites excluding steroid dienone is 1. The first kappa shape index (κ1) is 19.3. The molecule has 4 nitrogen and oxygen atoms in total. The fraction of sp³-hybridized carbons (Fsp3) is 0.692. The van der Waals surface area contributed by atoms with E-state index in [0.717, 1.165) is 6.08 Å². The lowest BCUT2D eigenvalue weighted by molar-refractivity contribution is -0.196. The van der Waals surface area contributed by atoms with Crippen LogP contribution in [-0.4, -0.2) is 47.7 Å². The summed E-state index contributed by atoms with van der Waals surface area (Å²) < 4.78 is 75.6. The van der Waals surface area contributed by atoms with E-state index in [4.69, 9.17) is 0 Å². The van der Waals surface area contributed by atoms with Crippen molar-refractivity contribution in [2.24, 2.45) is 0 Å². The van der Waals surface area contributed by atoms with Crippen molar-refractivity contribution in [3.8, 4) is 0 Å². The number of nitrogens with zero attached hydrogens (tertiary/aromatic N) is 1. The van der Waals surface area contributed by atoms with Gasteiger partial charge in [0.15, 0.2) is 0 Å². The molecule has 1 rings (SSSR count). The molecule has 1 fully saturated rings. The van der Waals surface area contributed by atoms with Crippen molar-refractivity contribution in [1.82, 2.24) is 10.2 Å². The van der Waals surface area contributed by atoms with Gasteiger partial charge >= 0.3 is 18.3 Å². The van der Waals surface area contributed by atoms with Crippen LogP contribution >= 0.6 is 0 Å². The number of halogens is 6. The Balaban J connectivity index is 2.92. The second-order valence-electron chi connectivity index (χ2n) is 5.52. The summed E-state index contributed by atoms with van der Waals surface area (Å²) >= 11 is 0. The third kappa shape index (κ3) is 5.43. The molecule has 0 radical (unpaired) electrons. The van der Waals surface area contributed by atoms with Gasteiger partial charge in [0.05, 0.1) is 0 Å². The molecule has 132 valence electrons. The number of carbonyl (C=O) groups is 2. The fourth-order valence-electron chi connectivity index (χ4n) is 2.27. The lowest BCUT2D eigenvalue weighted by Gasteiger charge is -2.40. The van der Waals surface area contributed by atoms with Crippen molar-refractivity contribution in [2.75, 3.05) is 6.54 Å². The molecule has 0 aromatic heterocycles. The minimum atomic E-state index is -5.13. The van der Waals surface area contributed by atoms with E-state index in [2.05, 4.69) is 0 Å². The van der Waals surface area contributed by atoms with Crippen LogP contribution in [0, 0.1) is 0 Å². The molecule has 1 N–H and O–H groups in total. The minimum Gasteiger partial charge on any atom is -0.344 e. The van der Waals surface area contributed by atoms with Gasteiger partial charge in [-0.3, -0.25) is 9.59 Å². The molecule has 2 atom stereocenters. The van der Waals surface area contributed by atoms with Crippen LogP contribution < -0.4 is 5.32 Å². The van der Waals surface area contributed by atoms with Gasteiger partial charge in [0.2, 0.25) is 5.91 Å². The van der Waals surface area contributed by atoms with Crippen molar-refractivity contribution in [3.63, 3.8) is 0 Å². The Morgan fingerprint density at radius 2 is 1.65 bits per heavy atom. The van der Waals surface area contributed by atoms with Gasteiger partial charge in [0.25, 0.3) is 0 Å². The summed E-state index contributed by atoms with van der Waals surface area (Å²) in [6.07, 6.45) is -9.72. The zero-order chi connectivity index (χ0) is 18.0. The smallest absolute Gasteiger partial charge is 0.344 e. The molecule has 0 spiro atoms. The van der Waals surface area contributed by atoms with Crippen LogP contribution in [0.3, 0.4) is 0 Å².